The molecule has 100 valence electrons. The average Bonchev–Trinajstić information content (AvgIpc) is 2.47. The molecule has 2 aromatic carbocycles. The van der Waals surface area contributed by atoms with Crippen molar-refractivity contribution in [3.63, 3.8) is 0 Å². The minimum atomic E-state index is -0.447. The second kappa shape index (κ2) is 4.81. The molecule has 0 bridgehead atoms. The molecule has 0 radical (unpaired) electrons. The monoisotopic (exact) mass is 268 g/mol. The van der Waals surface area contributed by atoms with Crippen LogP contribution in [-0.2, 0) is 0 Å². The molecule has 1 heterocycles. The molecule has 0 saturated carbocycles. The zero-order chi connectivity index (χ0) is 14.1. The Morgan fingerprint density at radius 2 is 1.85 bits per heavy atom. The Labute approximate surface area is 115 Å². The third kappa shape index (κ3) is 2.05. The van der Waals surface area contributed by atoms with Gasteiger partial charge in [-0.05, 0) is 12.1 Å². The second-order valence-electron chi connectivity index (χ2n) is 4.47. The van der Waals surface area contributed by atoms with Crippen LogP contribution in [0, 0.1) is 5.82 Å². The van der Waals surface area contributed by atoms with Gasteiger partial charge in [-0.25, -0.2) is 9.37 Å². The number of nitrogen functional groups attached to an aromatic ring is 1. The van der Waals surface area contributed by atoms with Crippen molar-refractivity contribution in [2.45, 2.75) is 0 Å². The molecule has 20 heavy (non-hydrogen) atoms. The highest BCUT2D eigenvalue weighted by Gasteiger charge is 2.10. The van der Waals surface area contributed by atoms with E-state index in [1.807, 2.05) is 30.3 Å². The van der Waals surface area contributed by atoms with Crippen LogP contribution in [0.15, 0.2) is 48.5 Å². The number of benzene rings is 2. The zero-order valence-electron chi connectivity index (χ0n) is 10.9. The molecular formula is C16H13FN2O. The Morgan fingerprint density at radius 1 is 1.10 bits per heavy atom. The molecule has 0 aliphatic carbocycles. The maximum absolute atomic E-state index is 13.8. The summed E-state index contributed by atoms with van der Waals surface area (Å²) in [6.45, 7) is 0. The number of rotatable bonds is 2. The van der Waals surface area contributed by atoms with Crippen molar-refractivity contribution in [2.24, 2.45) is 0 Å². The normalized spacial score (nSPS) is 10.7. The average molecular weight is 268 g/mol. The van der Waals surface area contributed by atoms with E-state index < -0.39 is 5.82 Å². The molecule has 4 heteroatoms. The van der Waals surface area contributed by atoms with Gasteiger partial charge in [0.05, 0.1) is 18.3 Å². The van der Waals surface area contributed by atoms with Gasteiger partial charge in [0, 0.05) is 22.7 Å². The lowest BCUT2D eigenvalue weighted by Gasteiger charge is -2.09. The maximum Gasteiger partial charge on any atom is 0.167 e. The van der Waals surface area contributed by atoms with E-state index in [1.165, 1.54) is 13.2 Å². The highest BCUT2D eigenvalue weighted by atomic mass is 19.1. The lowest BCUT2D eigenvalue weighted by molar-refractivity contribution is 0.387. The first-order valence-corrected chi connectivity index (χ1v) is 6.18. The first-order valence-electron chi connectivity index (χ1n) is 6.18. The van der Waals surface area contributed by atoms with Gasteiger partial charge in [-0.1, -0.05) is 30.3 Å². The first-order chi connectivity index (χ1) is 9.69. The van der Waals surface area contributed by atoms with Crippen LogP contribution < -0.4 is 10.5 Å². The summed E-state index contributed by atoms with van der Waals surface area (Å²) in [5, 5.41) is 0.683. The van der Waals surface area contributed by atoms with Gasteiger partial charge in [-0.2, -0.15) is 0 Å². The van der Waals surface area contributed by atoms with Crippen molar-refractivity contribution >= 4 is 16.6 Å². The molecule has 0 atom stereocenters. The molecule has 0 aliphatic rings. The van der Waals surface area contributed by atoms with Gasteiger partial charge < -0.3 is 10.5 Å². The molecule has 0 amide bonds. The number of hydrogen-bond donors (Lipinski definition) is 1. The standard InChI is InChI=1S/C16H13FN2O/c1-20-16-7-11-13(18)9-14(10-5-3-2-4-6-10)19-15(11)8-12(16)17/h2-9H,1H3,(H2,18,19). The number of aromatic nitrogens is 1. The van der Waals surface area contributed by atoms with Gasteiger partial charge in [0.25, 0.3) is 0 Å². The topological polar surface area (TPSA) is 48.1 Å². The molecular weight excluding hydrogens is 255 g/mol. The van der Waals surface area contributed by atoms with Gasteiger partial charge >= 0.3 is 0 Å². The van der Waals surface area contributed by atoms with E-state index in [9.17, 15) is 4.39 Å². The van der Waals surface area contributed by atoms with E-state index in [4.69, 9.17) is 10.5 Å². The van der Waals surface area contributed by atoms with Crippen LogP contribution in [0.25, 0.3) is 22.2 Å². The highest BCUT2D eigenvalue weighted by Crippen LogP contribution is 2.30. The predicted octanol–water partition coefficient (Wildman–Crippen LogP) is 3.63. The van der Waals surface area contributed by atoms with E-state index in [-0.39, 0.29) is 5.75 Å². The summed E-state index contributed by atoms with van der Waals surface area (Å²) in [7, 11) is 1.42. The van der Waals surface area contributed by atoms with Crippen molar-refractivity contribution in [1.82, 2.24) is 4.98 Å². The molecule has 0 aliphatic heterocycles. The minimum absolute atomic E-state index is 0.165. The Balaban J connectivity index is 2.24. The largest absolute Gasteiger partial charge is 0.494 e. The maximum atomic E-state index is 13.8. The van der Waals surface area contributed by atoms with E-state index in [0.717, 1.165) is 11.3 Å². The molecule has 0 fully saturated rings. The van der Waals surface area contributed by atoms with Crippen LogP contribution in [0.2, 0.25) is 0 Å². The van der Waals surface area contributed by atoms with E-state index in [2.05, 4.69) is 4.98 Å². The van der Waals surface area contributed by atoms with Gasteiger partial charge in [-0.15, -0.1) is 0 Å². The van der Waals surface area contributed by atoms with Crippen molar-refractivity contribution in [3.8, 4) is 17.0 Å². The molecule has 0 spiro atoms. The summed E-state index contributed by atoms with van der Waals surface area (Å²) in [4.78, 5) is 4.47. The van der Waals surface area contributed by atoms with E-state index in [0.29, 0.717) is 16.6 Å². The minimum Gasteiger partial charge on any atom is -0.494 e. The Bertz CT molecular complexity index is 772. The van der Waals surface area contributed by atoms with Crippen molar-refractivity contribution in [1.29, 1.82) is 0 Å². The molecule has 3 rings (SSSR count). The van der Waals surface area contributed by atoms with Gasteiger partial charge in [0.1, 0.15) is 0 Å². The molecule has 3 aromatic rings. The molecule has 0 unspecified atom stereocenters. The quantitative estimate of drug-likeness (QED) is 0.772. The SMILES string of the molecule is COc1cc2c(N)cc(-c3ccccc3)nc2cc1F. The number of pyridine rings is 1. The Kier molecular flexibility index (Phi) is 2.99. The van der Waals surface area contributed by atoms with Crippen molar-refractivity contribution in [3.05, 3.63) is 54.3 Å². The fraction of sp³-hybridized carbons (Fsp3) is 0.0625. The summed E-state index contributed by atoms with van der Waals surface area (Å²) in [6.07, 6.45) is 0. The molecule has 0 saturated heterocycles. The van der Waals surface area contributed by atoms with Gasteiger partial charge in [0.2, 0.25) is 0 Å². The number of anilines is 1. The number of ether oxygens (including phenoxy) is 1. The number of nitrogens with zero attached hydrogens (tertiary/aromatic N) is 1. The van der Waals surface area contributed by atoms with E-state index in [1.54, 1.807) is 12.1 Å². The van der Waals surface area contributed by atoms with Crippen LogP contribution >= 0.6 is 0 Å². The summed E-state index contributed by atoms with van der Waals surface area (Å²) >= 11 is 0. The van der Waals surface area contributed by atoms with Gasteiger partial charge in [0.15, 0.2) is 11.6 Å². The Morgan fingerprint density at radius 3 is 2.55 bits per heavy atom. The van der Waals surface area contributed by atoms with Crippen LogP contribution in [0.3, 0.4) is 0 Å². The van der Waals surface area contributed by atoms with Crippen LogP contribution in [0.5, 0.6) is 5.75 Å². The second-order valence-corrected chi connectivity index (χ2v) is 4.47. The summed E-state index contributed by atoms with van der Waals surface area (Å²) in [5.74, 6) is -0.282. The number of nitrogens with two attached hydrogens (primary N) is 1. The first kappa shape index (κ1) is 12.4. The zero-order valence-corrected chi connectivity index (χ0v) is 10.9. The fourth-order valence-electron chi connectivity index (χ4n) is 2.17. The Hall–Kier alpha value is -2.62. The number of hydrogen-bond acceptors (Lipinski definition) is 3. The molecule has 3 nitrogen and oxygen atoms in total. The summed E-state index contributed by atoms with van der Waals surface area (Å²) < 4.78 is 18.7. The van der Waals surface area contributed by atoms with Gasteiger partial charge in [-0.3, -0.25) is 0 Å². The van der Waals surface area contributed by atoms with Crippen molar-refractivity contribution < 1.29 is 9.13 Å². The third-order valence-electron chi connectivity index (χ3n) is 3.18. The number of fused-ring (bicyclic) bond motifs is 1. The van der Waals surface area contributed by atoms with Crippen molar-refractivity contribution in [2.75, 3.05) is 12.8 Å². The van der Waals surface area contributed by atoms with Crippen LogP contribution in [0.1, 0.15) is 0 Å². The molecule has 1 aromatic heterocycles. The summed E-state index contributed by atoms with van der Waals surface area (Å²) in [5.41, 5.74) is 8.78. The lowest BCUT2D eigenvalue weighted by atomic mass is 10.1. The smallest absolute Gasteiger partial charge is 0.167 e. The molecule has 2 N–H and O–H groups in total. The number of methoxy groups -OCH3 is 1. The predicted molar refractivity (Wildman–Crippen MR) is 78.1 cm³/mol. The van der Waals surface area contributed by atoms with E-state index >= 15 is 0 Å². The highest BCUT2D eigenvalue weighted by molar-refractivity contribution is 5.93. The fourth-order valence-corrected chi connectivity index (χ4v) is 2.17. The summed E-state index contributed by atoms with van der Waals surface area (Å²) in [6, 6.07) is 14.4. The third-order valence-corrected chi connectivity index (χ3v) is 3.18. The lowest BCUT2D eigenvalue weighted by Crippen LogP contribution is -1.95. The number of halogens is 1. The van der Waals surface area contributed by atoms with Crippen LogP contribution in [-0.4, -0.2) is 12.1 Å². The van der Waals surface area contributed by atoms with Crippen LogP contribution in [0.4, 0.5) is 10.1 Å².